The van der Waals surface area contributed by atoms with Crippen molar-refractivity contribution >= 4 is 56.5 Å². The number of nitrogens with zero attached hydrogens (tertiary/aromatic N) is 1. The van der Waals surface area contributed by atoms with Crippen LogP contribution in [0.5, 0.6) is 0 Å². The number of anilines is 1. The van der Waals surface area contributed by atoms with Crippen LogP contribution in [-0.2, 0) is 21.4 Å². The molecule has 25 heavy (non-hydrogen) atoms. The minimum absolute atomic E-state index is 0.0420. The van der Waals surface area contributed by atoms with Gasteiger partial charge < -0.3 is 10.4 Å². The van der Waals surface area contributed by atoms with E-state index in [0.29, 0.717) is 10.6 Å². The van der Waals surface area contributed by atoms with E-state index in [2.05, 4.69) is 5.32 Å². The van der Waals surface area contributed by atoms with E-state index in [1.165, 1.54) is 12.1 Å². The summed E-state index contributed by atoms with van der Waals surface area (Å²) >= 11 is 18.0. The largest absolute Gasteiger partial charge is 0.479 e. The lowest BCUT2D eigenvalue weighted by Crippen LogP contribution is -2.52. The zero-order chi connectivity index (χ0) is 18.4. The van der Waals surface area contributed by atoms with Gasteiger partial charge in [-0.05, 0) is 23.8 Å². The molecule has 0 amide bonds. The molecule has 6 nitrogen and oxygen atoms in total. The lowest BCUT2D eigenvalue weighted by molar-refractivity contribution is -0.140. The second kappa shape index (κ2) is 6.66. The van der Waals surface area contributed by atoms with Crippen LogP contribution in [0.15, 0.2) is 41.3 Å². The van der Waals surface area contributed by atoms with Gasteiger partial charge in [0.25, 0.3) is 0 Å². The minimum atomic E-state index is -4.20. The molecule has 0 aliphatic carbocycles. The van der Waals surface area contributed by atoms with Gasteiger partial charge in [0.05, 0.1) is 10.7 Å². The van der Waals surface area contributed by atoms with Crippen LogP contribution in [0.3, 0.4) is 0 Å². The monoisotopic (exact) mass is 420 g/mol. The van der Waals surface area contributed by atoms with Crippen molar-refractivity contribution in [1.82, 2.24) is 4.31 Å². The van der Waals surface area contributed by atoms with Gasteiger partial charge in [0, 0.05) is 16.6 Å². The molecule has 0 saturated heterocycles. The van der Waals surface area contributed by atoms with Crippen molar-refractivity contribution in [3.63, 3.8) is 0 Å². The fourth-order valence-electron chi connectivity index (χ4n) is 2.56. The third-order valence-corrected chi connectivity index (χ3v) is 6.58. The van der Waals surface area contributed by atoms with Crippen LogP contribution in [0.1, 0.15) is 5.56 Å². The van der Waals surface area contributed by atoms with E-state index in [-0.39, 0.29) is 27.2 Å². The summed E-state index contributed by atoms with van der Waals surface area (Å²) in [5.74, 6) is -1.36. The van der Waals surface area contributed by atoms with Crippen molar-refractivity contribution in [2.45, 2.75) is 17.6 Å². The maximum Gasteiger partial charge on any atom is 0.342 e. The van der Waals surface area contributed by atoms with E-state index in [4.69, 9.17) is 34.8 Å². The van der Waals surface area contributed by atoms with Crippen molar-refractivity contribution in [1.29, 1.82) is 0 Å². The van der Waals surface area contributed by atoms with Crippen molar-refractivity contribution < 1.29 is 18.3 Å². The summed E-state index contributed by atoms with van der Waals surface area (Å²) in [6.45, 7) is -0.232. The Hall–Kier alpha value is -1.51. The second-order valence-electron chi connectivity index (χ2n) is 5.29. The topological polar surface area (TPSA) is 86.7 Å². The van der Waals surface area contributed by atoms with Gasteiger partial charge in [0.2, 0.25) is 10.0 Å². The normalized spacial score (nSPS) is 19.1. The van der Waals surface area contributed by atoms with Crippen molar-refractivity contribution in [3.8, 4) is 0 Å². The summed E-state index contributed by atoms with van der Waals surface area (Å²) < 4.78 is 26.8. The maximum atomic E-state index is 13.0. The molecule has 1 atom stereocenters. The number of carboxylic acid groups (broad SMARTS) is 1. The smallest absolute Gasteiger partial charge is 0.342 e. The van der Waals surface area contributed by atoms with Gasteiger partial charge in [-0.15, -0.1) is 0 Å². The third kappa shape index (κ3) is 3.30. The Labute approximate surface area is 159 Å². The molecule has 1 heterocycles. The molecule has 2 aromatic rings. The lowest BCUT2D eigenvalue weighted by Gasteiger charge is -2.35. The third-order valence-electron chi connectivity index (χ3n) is 3.67. The summed E-state index contributed by atoms with van der Waals surface area (Å²) in [7, 11) is -4.20. The van der Waals surface area contributed by atoms with Crippen LogP contribution in [0.2, 0.25) is 15.1 Å². The van der Waals surface area contributed by atoms with Gasteiger partial charge in [-0.2, -0.15) is 4.31 Å². The molecule has 132 valence electrons. The summed E-state index contributed by atoms with van der Waals surface area (Å²) in [5, 5.41) is 12.6. The molecule has 1 aliphatic heterocycles. The highest BCUT2D eigenvalue weighted by Gasteiger charge is 2.43. The van der Waals surface area contributed by atoms with E-state index in [9.17, 15) is 18.3 Å². The Morgan fingerprint density at radius 1 is 1.16 bits per heavy atom. The molecule has 1 aliphatic rings. The van der Waals surface area contributed by atoms with Crippen LogP contribution >= 0.6 is 34.8 Å². The summed E-state index contributed by atoms with van der Waals surface area (Å²) in [6.07, 6.45) is -1.52. The summed E-state index contributed by atoms with van der Waals surface area (Å²) in [6, 6.07) is 9.20. The first-order valence-electron chi connectivity index (χ1n) is 6.95. The molecule has 0 fully saturated rings. The average Bonchev–Trinajstić information content (AvgIpc) is 2.50. The number of fused-ring (bicyclic) bond motifs is 1. The molecule has 0 spiro atoms. The number of halogens is 3. The number of carbonyl (C=O) groups is 1. The predicted molar refractivity (Wildman–Crippen MR) is 95.7 cm³/mol. The Morgan fingerprint density at radius 2 is 1.84 bits per heavy atom. The number of benzene rings is 2. The number of aliphatic carboxylic acids is 1. The quantitative estimate of drug-likeness (QED) is 0.789. The van der Waals surface area contributed by atoms with Crippen LogP contribution in [0.4, 0.5) is 5.69 Å². The summed E-state index contributed by atoms with van der Waals surface area (Å²) in [4.78, 5) is 11.4. The van der Waals surface area contributed by atoms with Gasteiger partial charge in [-0.3, -0.25) is 0 Å². The average molecular weight is 422 g/mol. The van der Waals surface area contributed by atoms with E-state index in [1.807, 2.05) is 0 Å². The van der Waals surface area contributed by atoms with Gasteiger partial charge >= 0.3 is 5.97 Å². The van der Waals surface area contributed by atoms with Gasteiger partial charge in [-0.25, -0.2) is 13.2 Å². The van der Waals surface area contributed by atoms with Crippen molar-refractivity contribution in [2.75, 3.05) is 5.32 Å². The van der Waals surface area contributed by atoms with E-state index < -0.39 is 22.2 Å². The SMILES string of the molecule is O=C(O)C1Nc2cc(Cl)cc(Cl)c2S(=O)(=O)N1Cc1ccccc1Cl. The highest BCUT2D eigenvalue weighted by molar-refractivity contribution is 7.89. The number of rotatable bonds is 3. The van der Waals surface area contributed by atoms with Crippen molar-refractivity contribution in [2.24, 2.45) is 0 Å². The first kappa shape index (κ1) is 18.3. The number of hydrogen-bond donors (Lipinski definition) is 2. The Morgan fingerprint density at radius 3 is 2.48 bits per heavy atom. The zero-order valence-corrected chi connectivity index (χ0v) is 15.5. The number of sulfonamides is 1. The molecule has 0 bridgehead atoms. The molecule has 10 heteroatoms. The molecule has 0 radical (unpaired) electrons. The van der Waals surface area contributed by atoms with Crippen LogP contribution in [0, 0.1) is 0 Å². The molecular formula is C15H11Cl3N2O4S. The lowest BCUT2D eigenvalue weighted by atomic mass is 10.2. The first-order chi connectivity index (χ1) is 11.7. The maximum absolute atomic E-state index is 13.0. The highest BCUT2D eigenvalue weighted by Crippen LogP contribution is 2.40. The fraction of sp³-hybridized carbons (Fsp3) is 0.133. The van der Waals surface area contributed by atoms with Crippen LogP contribution in [0.25, 0.3) is 0 Å². The Balaban J connectivity index is 2.16. The minimum Gasteiger partial charge on any atom is -0.479 e. The highest BCUT2D eigenvalue weighted by atomic mass is 35.5. The summed E-state index contributed by atoms with van der Waals surface area (Å²) in [5.41, 5.74) is 0.509. The van der Waals surface area contributed by atoms with E-state index in [0.717, 1.165) is 4.31 Å². The van der Waals surface area contributed by atoms with Gasteiger partial charge in [-0.1, -0.05) is 53.0 Å². The molecule has 2 aromatic carbocycles. The zero-order valence-electron chi connectivity index (χ0n) is 12.4. The second-order valence-corrected chi connectivity index (χ2v) is 8.37. The standard InChI is InChI=1S/C15H11Cl3N2O4S/c16-9-5-11(18)13-12(6-9)19-14(15(21)22)20(25(13,23)24)7-8-3-1-2-4-10(8)17/h1-6,14,19H,7H2,(H,21,22). The van der Waals surface area contributed by atoms with Gasteiger partial charge in [0.15, 0.2) is 6.17 Å². The van der Waals surface area contributed by atoms with E-state index >= 15 is 0 Å². The predicted octanol–water partition coefficient (Wildman–Crippen LogP) is 3.67. The first-order valence-corrected chi connectivity index (χ1v) is 9.53. The molecule has 1 unspecified atom stereocenters. The van der Waals surface area contributed by atoms with Crippen LogP contribution in [-0.4, -0.2) is 30.0 Å². The molecule has 3 rings (SSSR count). The van der Waals surface area contributed by atoms with Gasteiger partial charge in [0.1, 0.15) is 4.90 Å². The fourth-order valence-corrected chi connectivity index (χ4v) is 5.21. The molecule has 0 saturated carbocycles. The Bertz CT molecular complexity index is 965. The molecular weight excluding hydrogens is 411 g/mol. The van der Waals surface area contributed by atoms with E-state index in [1.54, 1.807) is 24.3 Å². The Kier molecular flexibility index (Phi) is 4.87. The number of hydrogen-bond acceptors (Lipinski definition) is 4. The van der Waals surface area contributed by atoms with Crippen LogP contribution < -0.4 is 5.32 Å². The molecule has 0 aromatic heterocycles. The van der Waals surface area contributed by atoms with Crippen molar-refractivity contribution in [3.05, 3.63) is 57.0 Å². The molecule has 2 N–H and O–H groups in total. The number of carboxylic acids is 1. The number of nitrogens with one attached hydrogen (secondary N) is 1.